The number of hydrogen-bond acceptors (Lipinski definition) is 2. The summed E-state index contributed by atoms with van der Waals surface area (Å²) in [6.07, 6.45) is 4.07. The topological polar surface area (TPSA) is 40.7 Å². The van der Waals surface area contributed by atoms with Crippen LogP contribution < -0.4 is 5.32 Å². The van der Waals surface area contributed by atoms with Crippen molar-refractivity contribution in [2.24, 2.45) is 0 Å². The van der Waals surface area contributed by atoms with Crippen LogP contribution in [0.4, 0.5) is 8.78 Å². The first-order valence-corrected chi connectivity index (χ1v) is 5.95. The lowest BCUT2D eigenvalue weighted by molar-refractivity contribution is 0.509. The summed E-state index contributed by atoms with van der Waals surface area (Å²) >= 11 is 0. The van der Waals surface area contributed by atoms with Crippen molar-refractivity contribution in [2.75, 3.05) is 0 Å². The predicted octanol–water partition coefficient (Wildman–Crippen LogP) is 2.61. The molecule has 3 rings (SSSR count). The van der Waals surface area contributed by atoms with Gasteiger partial charge in [0.1, 0.15) is 5.82 Å². The number of aromatic nitrogens is 2. The van der Waals surface area contributed by atoms with Crippen molar-refractivity contribution in [2.45, 2.75) is 25.4 Å². The predicted molar refractivity (Wildman–Crippen MR) is 63.8 cm³/mol. The van der Waals surface area contributed by atoms with E-state index in [4.69, 9.17) is 0 Å². The van der Waals surface area contributed by atoms with E-state index >= 15 is 0 Å². The van der Waals surface area contributed by atoms with Gasteiger partial charge in [0.25, 0.3) is 0 Å². The Morgan fingerprint density at radius 1 is 1.28 bits per heavy atom. The molecule has 0 bridgehead atoms. The van der Waals surface area contributed by atoms with E-state index in [-0.39, 0.29) is 0 Å². The molecule has 0 amide bonds. The van der Waals surface area contributed by atoms with E-state index in [1.54, 1.807) is 6.20 Å². The molecule has 2 N–H and O–H groups in total. The molecule has 0 saturated heterocycles. The van der Waals surface area contributed by atoms with Gasteiger partial charge in [0, 0.05) is 11.6 Å². The van der Waals surface area contributed by atoms with E-state index in [9.17, 15) is 8.78 Å². The van der Waals surface area contributed by atoms with Crippen molar-refractivity contribution in [3.63, 3.8) is 0 Å². The second kappa shape index (κ2) is 4.49. The molecule has 0 atom stereocenters. The van der Waals surface area contributed by atoms with Gasteiger partial charge in [-0.2, -0.15) is 0 Å². The normalized spacial score (nSPS) is 15.0. The number of nitrogens with zero attached hydrogens (tertiary/aromatic N) is 1. The lowest BCUT2D eigenvalue weighted by atomic mass is 10.1. The Labute approximate surface area is 103 Å². The molecule has 2 aromatic rings. The van der Waals surface area contributed by atoms with Gasteiger partial charge in [-0.05, 0) is 31.0 Å². The van der Waals surface area contributed by atoms with Gasteiger partial charge in [-0.25, -0.2) is 13.8 Å². The zero-order valence-corrected chi connectivity index (χ0v) is 9.71. The van der Waals surface area contributed by atoms with Crippen LogP contribution in [-0.2, 0) is 6.54 Å². The molecule has 0 radical (unpaired) electrons. The molecular weight excluding hydrogens is 236 g/mol. The molecule has 94 valence electrons. The number of aromatic amines is 1. The zero-order valence-electron chi connectivity index (χ0n) is 9.71. The number of imidazole rings is 1. The smallest absolute Gasteiger partial charge is 0.159 e. The average molecular weight is 249 g/mol. The summed E-state index contributed by atoms with van der Waals surface area (Å²) < 4.78 is 25.9. The Hall–Kier alpha value is -1.75. The number of nitrogens with one attached hydrogen (secondary N) is 2. The Kier molecular flexibility index (Phi) is 2.83. The molecule has 5 heteroatoms. The van der Waals surface area contributed by atoms with Gasteiger partial charge in [0.2, 0.25) is 0 Å². The van der Waals surface area contributed by atoms with E-state index in [0.717, 1.165) is 11.9 Å². The van der Waals surface area contributed by atoms with Gasteiger partial charge in [-0.15, -0.1) is 0 Å². The summed E-state index contributed by atoms with van der Waals surface area (Å²) in [5.41, 5.74) is 1.29. The fourth-order valence-corrected chi connectivity index (χ4v) is 1.79. The number of halogens is 2. The summed E-state index contributed by atoms with van der Waals surface area (Å²) in [5.74, 6) is -0.879. The highest BCUT2D eigenvalue weighted by Gasteiger charge is 2.20. The molecule has 1 aromatic carbocycles. The first-order valence-electron chi connectivity index (χ1n) is 5.95. The van der Waals surface area contributed by atoms with Crippen LogP contribution in [0, 0.1) is 11.6 Å². The number of benzene rings is 1. The van der Waals surface area contributed by atoms with Crippen molar-refractivity contribution in [3.05, 3.63) is 41.9 Å². The molecule has 0 aliphatic heterocycles. The summed E-state index contributed by atoms with van der Waals surface area (Å²) in [6.45, 7) is 0.675. The summed E-state index contributed by atoms with van der Waals surface area (Å²) in [4.78, 5) is 7.31. The first-order chi connectivity index (χ1) is 8.72. The standard InChI is InChI=1S/C13H13F2N3/c14-10-4-1-8(5-11(10)15)12-6-17-13(18-12)7-16-9-2-3-9/h1,4-6,9,16H,2-3,7H2,(H,17,18). The van der Waals surface area contributed by atoms with Gasteiger partial charge in [0.15, 0.2) is 11.6 Å². The lowest BCUT2D eigenvalue weighted by Gasteiger charge is -2.00. The molecule has 1 aliphatic carbocycles. The van der Waals surface area contributed by atoms with Gasteiger partial charge < -0.3 is 10.3 Å². The minimum absolute atomic E-state index is 0.596. The van der Waals surface area contributed by atoms with Crippen molar-refractivity contribution in [1.82, 2.24) is 15.3 Å². The summed E-state index contributed by atoms with van der Waals surface area (Å²) in [5, 5.41) is 3.33. The van der Waals surface area contributed by atoms with Crippen LogP contribution in [0.5, 0.6) is 0 Å². The molecule has 0 unspecified atom stereocenters. The van der Waals surface area contributed by atoms with E-state index in [1.807, 2.05) is 0 Å². The van der Waals surface area contributed by atoms with Crippen molar-refractivity contribution in [1.29, 1.82) is 0 Å². The van der Waals surface area contributed by atoms with E-state index in [2.05, 4.69) is 15.3 Å². The molecule has 1 saturated carbocycles. The van der Waals surface area contributed by atoms with Gasteiger partial charge in [-0.1, -0.05) is 0 Å². The van der Waals surface area contributed by atoms with Crippen LogP contribution in [0.2, 0.25) is 0 Å². The van der Waals surface area contributed by atoms with E-state index in [0.29, 0.717) is 23.8 Å². The minimum Gasteiger partial charge on any atom is -0.341 e. The Morgan fingerprint density at radius 3 is 2.83 bits per heavy atom. The van der Waals surface area contributed by atoms with Gasteiger partial charge in [-0.3, -0.25) is 0 Å². The Balaban J connectivity index is 1.76. The highest BCUT2D eigenvalue weighted by molar-refractivity contribution is 5.58. The first kappa shape index (κ1) is 11.3. The van der Waals surface area contributed by atoms with Crippen LogP contribution in [0.25, 0.3) is 11.3 Å². The van der Waals surface area contributed by atoms with E-state index in [1.165, 1.54) is 25.0 Å². The fraction of sp³-hybridized carbons (Fsp3) is 0.308. The third kappa shape index (κ3) is 2.41. The minimum atomic E-state index is -0.847. The third-order valence-corrected chi connectivity index (χ3v) is 2.99. The SMILES string of the molecule is Fc1ccc(-c2cnc(CNC3CC3)[nH]2)cc1F. The Morgan fingerprint density at radius 2 is 2.11 bits per heavy atom. The summed E-state index contributed by atoms with van der Waals surface area (Å²) in [7, 11) is 0. The third-order valence-electron chi connectivity index (χ3n) is 2.99. The number of H-pyrrole nitrogens is 1. The molecule has 3 nitrogen and oxygen atoms in total. The monoisotopic (exact) mass is 249 g/mol. The second-order valence-corrected chi connectivity index (χ2v) is 4.53. The van der Waals surface area contributed by atoms with Crippen molar-refractivity contribution in [3.8, 4) is 11.3 Å². The molecule has 1 aromatic heterocycles. The number of hydrogen-bond donors (Lipinski definition) is 2. The van der Waals surface area contributed by atoms with Crippen LogP contribution in [-0.4, -0.2) is 16.0 Å². The largest absolute Gasteiger partial charge is 0.341 e. The van der Waals surface area contributed by atoms with Crippen LogP contribution >= 0.6 is 0 Å². The van der Waals surface area contributed by atoms with Gasteiger partial charge in [0.05, 0.1) is 18.4 Å². The highest BCUT2D eigenvalue weighted by atomic mass is 19.2. The summed E-state index contributed by atoms with van der Waals surface area (Å²) in [6, 6.07) is 4.43. The molecule has 18 heavy (non-hydrogen) atoms. The zero-order chi connectivity index (χ0) is 12.5. The number of rotatable bonds is 4. The maximum atomic E-state index is 13.1. The van der Waals surface area contributed by atoms with Crippen LogP contribution in [0.3, 0.4) is 0 Å². The van der Waals surface area contributed by atoms with Gasteiger partial charge >= 0.3 is 0 Å². The lowest BCUT2D eigenvalue weighted by Crippen LogP contribution is -2.16. The fourth-order valence-electron chi connectivity index (χ4n) is 1.79. The maximum absolute atomic E-state index is 13.1. The van der Waals surface area contributed by atoms with Crippen molar-refractivity contribution < 1.29 is 8.78 Å². The average Bonchev–Trinajstić information content (AvgIpc) is 3.08. The maximum Gasteiger partial charge on any atom is 0.159 e. The molecule has 1 aliphatic rings. The molecule has 1 heterocycles. The van der Waals surface area contributed by atoms with Crippen LogP contribution in [0.1, 0.15) is 18.7 Å². The highest BCUT2D eigenvalue weighted by Crippen LogP contribution is 2.21. The molecule has 1 fully saturated rings. The quantitative estimate of drug-likeness (QED) is 0.874. The van der Waals surface area contributed by atoms with E-state index < -0.39 is 11.6 Å². The van der Waals surface area contributed by atoms with Crippen LogP contribution in [0.15, 0.2) is 24.4 Å². The molecule has 0 spiro atoms. The van der Waals surface area contributed by atoms with Crippen molar-refractivity contribution >= 4 is 0 Å². The second-order valence-electron chi connectivity index (χ2n) is 4.53. The molecular formula is C13H13F2N3. The Bertz CT molecular complexity index is 561.